The summed E-state index contributed by atoms with van der Waals surface area (Å²) >= 11 is 0. The molecule has 1 amide bonds. The minimum atomic E-state index is -0.657. The average Bonchev–Trinajstić information content (AvgIpc) is 3.18. The van der Waals surface area contributed by atoms with E-state index in [0.29, 0.717) is 12.8 Å². The van der Waals surface area contributed by atoms with Crippen LogP contribution < -0.4 is 5.32 Å². The molecule has 312 valence electrons. The van der Waals surface area contributed by atoms with Gasteiger partial charge in [-0.05, 0) is 64.2 Å². The summed E-state index contributed by atoms with van der Waals surface area (Å²) in [7, 11) is 0. The van der Waals surface area contributed by atoms with Gasteiger partial charge in [0.2, 0.25) is 5.91 Å². The number of aliphatic hydroxyl groups is 2. The van der Waals surface area contributed by atoms with Gasteiger partial charge in [0.25, 0.3) is 0 Å². The SMILES string of the molecule is CC/C=C\C/C=C\C/C=C\C/C=C\C/C=C\C/C=C\CCCCCCCCCCCCCCCCCCC(=O)NC(CO)C(O)CCCCCCCCC. The lowest BCUT2D eigenvalue weighted by Gasteiger charge is -2.22. The van der Waals surface area contributed by atoms with Crippen LogP contribution in [0, 0.1) is 0 Å². The van der Waals surface area contributed by atoms with Crippen LogP contribution in [0.4, 0.5) is 0 Å². The van der Waals surface area contributed by atoms with E-state index in [1.165, 1.54) is 128 Å². The molecule has 0 aromatic rings. The van der Waals surface area contributed by atoms with Gasteiger partial charge in [-0.3, -0.25) is 4.79 Å². The molecule has 3 N–H and O–H groups in total. The summed E-state index contributed by atoms with van der Waals surface area (Å²) in [4.78, 5) is 12.3. The van der Waals surface area contributed by atoms with E-state index in [4.69, 9.17) is 0 Å². The van der Waals surface area contributed by atoms with Gasteiger partial charge < -0.3 is 15.5 Å². The molecule has 0 rings (SSSR count). The second-order valence-corrected chi connectivity index (χ2v) is 15.4. The first kappa shape index (κ1) is 51.8. The van der Waals surface area contributed by atoms with Crippen LogP contribution in [0.25, 0.3) is 0 Å². The molecule has 0 aliphatic heterocycles. The second-order valence-electron chi connectivity index (χ2n) is 15.4. The van der Waals surface area contributed by atoms with Crippen LogP contribution >= 0.6 is 0 Å². The van der Waals surface area contributed by atoms with Crippen LogP contribution in [0.5, 0.6) is 0 Å². The van der Waals surface area contributed by atoms with Gasteiger partial charge >= 0.3 is 0 Å². The van der Waals surface area contributed by atoms with Crippen molar-refractivity contribution in [3.8, 4) is 0 Å². The van der Waals surface area contributed by atoms with Crippen molar-refractivity contribution >= 4 is 5.91 Å². The molecule has 2 atom stereocenters. The van der Waals surface area contributed by atoms with Crippen molar-refractivity contribution in [3.05, 3.63) is 72.9 Å². The maximum absolute atomic E-state index is 12.3. The largest absolute Gasteiger partial charge is 0.394 e. The molecule has 2 unspecified atom stereocenters. The predicted molar refractivity (Wildman–Crippen MR) is 239 cm³/mol. The molecule has 0 fully saturated rings. The van der Waals surface area contributed by atoms with Crippen molar-refractivity contribution in [2.45, 2.75) is 231 Å². The minimum absolute atomic E-state index is 0.0375. The normalized spacial score (nSPS) is 13.6. The molecule has 4 nitrogen and oxygen atoms in total. The minimum Gasteiger partial charge on any atom is -0.394 e. The molecule has 0 aromatic heterocycles. The summed E-state index contributed by atoms with van der Waals surface area (Å²) in [6, 6.07) is -0.535. The molecule has 0 bridgehead atoms. The van der Waals surface area contributed by atoms with Crippen LogP contribution in [0.15, 0.2) is 72.9 Å². The van der Waals surface area contributed by atoms with Crippen molar-refractivity contribution in [2.75, 3.05) is 6.61 Å². The topological polar surface area (TPSA) is 69.6 Å². The fourth-order valence-electron chi connectivity index (χ4n) is 6.72. The van der Waals surface area contributed by atoms with Gasteiger partial charge in [0.1, 0.15) is 0 Å². The molecule has 0 radical (unpaired) electrons. The highest BCUT2D eigenvalue weighted by atomic mass is 16.3. The van der Waals surface area contributed by atoms with E-state index >= 15 is 0 Å². The monoisotopic (exact) mass is 752 g/mol. The van der Waals surface area contributed by atoms with Crippen molar-refractivity contribution < 1.29 is 15.0 Å². The number of hydrogen-bond donors (Lipinski definition) is 3. The smallest absolute Gasteiger partial charge is 0.220 e. The van der Waals surface area contributed by atoms with Gasteiger partial charge in [0.15, 0.2) is 0 Å². The zero-order valence-electron chi connectivity index (χ0n) is 35.7. The first-order valence-electron chi connectivity index (χ1n) is 23.1. The first-order valence-corrected chi connectivity index (χ1v) is 23.1. The summed E-state index contributed by atoms with van der Waals surface area (Å²) < 4.78 is 0. The fourth-order valence-corrected chi connectivity index (χ4v) is 6.72. The van der Waals surface area contributed by atoms with E-state index in [1.54, 1.807) is 0 Å². The van der Waals surface area contributed by atoms with E-state index in [9.17, 15) is 15.0 Å². The molecule has 0 spiro atoms. The Morgan fingerprint density at radius 3 is 1.22 bits per heavy atom. The number of nitrogens with one attached hydrogen (secondary N) is 1. The van der Waals surface area contributed by atoms with E-state index < -0.39 is 12.1 Å². The molecule has 0 saturated carbocycles. The second kappa shape index (κ2) is 45.2. The fraction of sp³-hybridized carbons (Fsp3) is 0.740. The molecular formula is C50H89NO3. The Balaban J connectivity index is 3.44. The Kier molecular flexibility index (Phi) is 43.4. The van der Waals surface area contributed by atoms with Crippen molar-refractivity contribution in [1.82, 2.24) is 5.32 Å². The van der Waals surface area contributed by atoms with Crippen LogP contribution in [-0.2, 0) is 4.79 Å². The number of carbonyl (C=O) groups excluding carboxylic acids is 1. The highest BCUT2D eigenvalue weighted by molar-refractivity contribution is 5.76. The number of carbonyl (C=O) groups is 1. The highest BCUT2D eigenvalue weighted by Gasteiger charge is 2.19. The first-order chi connectivity index (χ1) is 26.7. The number of amides is 1. The molecule has 0 heterocycles. The van der Waals surface area contributed by atoms with Gasteiger partial charge in [-0.1, -0.05) is 222 Å². The van der Waals surface area contributed by atoms with Gasteiger partial charge in [-0.15, -0.1) is 0 Å². The van der Waals surface area contributed by atoms with Crippen LogP contribution in [0.1, 0.15) is 219 Å². The van der Waals surface area contributed by atoms with Gasteiger partial charge in [0, 0.05) is 6.42 Å². The standard InChI is InChI=1S/C50H89NO3/c1-3-5-7-9-11-12-13-14-15-16-17-18-19-20-21-22-23-24-25-26-27-28-29-30-31-32-33-34-35-36-37-38-40-42-44-46-50(54)51-48(47-52)49(53)45-43-41-39-10-8-6-4-2/h5,7,11-12,14-15,17-18,20-21,23-24,48-49,52-53H,3-4,6,8-10,13,16,19,22,25-47H2,1-2H3,(H,51,54)/b7-5-,12-11-,15-14-,18-17-,21-20-,24-23-. The van der Waals surface area contributed by atoms with E-state index in [0.717, 1.165) is 64.2 Å². The third kappa shape index (κ3) is 41.0. The summed E-state index contributed by atoms with van der Waals surface area (Å²) in [6.07, 6.45) is 64.4. The molecular weight excluding hydrogens is 663 g/mol. The lowest BCUT2D eigenvalue weighted by molar-refractivity contribution is -0.123. The zero-order valence-corrected chi connectivity index (χ0v) is 35.7. The molecule has 0 aliphatic rings. The van der Waals surface area contributed by atoms with Crippen LogP contribution in [0.3, 0.4) is 0 Å². The lowest BCUT2D eigenvalue weighted by Crippen LogP contribution is -2.45. The summed E-state index contributed by atoms with van der Waals surface area (Å²) in [5.74, 6) is -0.0375. The molecule has 0 saturated heterocycles. The van der Waals surface area contributed by atoms with Crippen LogP contribution in [-0.4, -0.2) is 34.9 Å². The van der Waals surface area contributed by atoms with Gasteiger partial charge in [-0.2, -0.15) is 0 Å². The maximum Gasteiger partial charge on any atom is 0.220 e. The molecule has 0 aromatic carbocycles. The van der Waals surface area contributed by atoms with E-state index in [2.05, 4.69) is 92.1 Å². The quantitative estimate of drug-likeness (QED) is 0.0430. The third-order valence-electron chi connectivity index (χ3n) is 10.2. The maximum atomic E-state index is 12.3. The van der Waals surface area contributed by atoms with E-state index in [-0.39, 0.29) is 12.5 Å². The Labute approximate surface area is 336 Å². The van der Waals surface area contributed by atoms with Crippen molar-refractivity contribution in [2.24, 2.45) is 0 Å². The van der Waals surface area contributed by atoms with E-state index in [1.807, 2.05) is 0 Å². The van der Waals surface area contributed by atoms with Crippen molar-refractivity contribution in [3.63, 3.8) is 0 Å². The lowest BCUT2D eigenvalue weighted by atomic mass is 10.0. The van der Waals surface area contributed by atoms with Gasteiger partial charge in [0.05, 0.1) is 18.8 Å². The number of unbranched alkanes of at least 4 members (excludes halogenated alkanes) is 22. The Bertz CT molecular complexity index is 946. The summed E-state index contributed by atoms with van der Waals surface area (Å²) in [6.45, 7) is 4.20. The number of aliphatic hydroxyl groups excluding tert-OH is 2. The third-order valence-corrected chi connectivity index (χ3v) is 10.2. The highest BCUT2D eigenvalue weighted by Crippen LogP contribution is 2.15. The van der Waals surface area contributed by atoms with Gasteiger partial charge in [-0.25, -0.2) is 0 Å². The Morgan fingerprint density at radius 1 is 0.463 bits per heavy atom. The predicted octanol–water partition coefficient (Wildman–Crippen LogP) is 14.7. The average molecular weight is 752 g/mol. The summed E-state index contributed by atoms with van der Waals surface area (Å²) in [5, 5.41) is 22.9. The molecule has 4 heteroatoms. The zero-order chi connectivity index (χ0) is 39.3. The molecule has 0 aliphatic carbocycles. The number of rotatable bonds is 41. The Morgan fingerprint density at radius 2 is 0.815 bits per heavy atom. The number of allylic oxidation sites excluding steroid dienone is 12. The number of hydrogen-bond acceptors (Lipinski definition) is 3. The van der Waals surface area contributed by atoms with Crippen LogP contribution in [0.2, 0.25) is 0 Å². The summed E-state index contributed by atoms with van der Waals surface area (Å²) in [5.41, 5.74) is 0. The van der Waals surface area contributed by atoms with Crippen molar-refractivity contribution in [1.29, 1.82) is 0 Å². The molecule has 54 heavy (non-hydrogen) atoms. The Hall–Kier alpha value is -2.17.